The van der Waals surface area contributed by atoms with Crippen LogP contribution in [0.15, 0.2) is 74.3 Å². The molecule has 3 N–H and O–H groups in total. The molecule has 7 heteroatoms. The molecule has 1 heterocycles. The van der Waals surface area contributed by atoms with Crippen LogP contribution in [0.4, 0.5) is 0 Å². The van der Waals surface area contributed by atoms with Crippen molar-refractivity contribution in [1.82, 2.24) is 10.3 Å². The molecule has 1 aromatic rings. The average molecular weight is 554 g/mol. The molecule has 1 aromatic heterocycles. The SMILES string of the molecule is C=C(C)/C(=N\C(N)=C(\C(=O)NC(CCC)CCCCCC)C(C)CC)c1ncco1.C\C=C/C=N\C(C)=C/CC. The van der Waals surface area contributed by atoms with Gasteiger partial charge in [0.05, 0.1) is 11.8 Å². The number of allylic oxidation sites excluding steroid dienone is 5. The number of nitrogens with two attached hydrogens (primary N) is 1. The lowest BCUT2D eigenvalue weighted by Crippen LogP contribution is -2.38. The number of carbonyl (C=O) groups excluding carboxylic acids is 1. The fourth-order valence-corrected chi connectivity index (χ4v) is 3.96. The lowest BCUT2D eigenvalue weighted by molar-refractivity contribution is -0.118. The minimum atomic E-state index is -0.131. The Kier molecular flexibility index (Phi) is 20.8. The van der Waals surface area contributed by atoms with Crippen molar-refractivity contribution >= 4 is 17.8 Å². The highest BCUT2D eigenvalue weighted by molar-refractivity contribution is 6.09. The fraction of sp³-hybridized carbons (Fsp3) is 0.576. The van der Waals surface area contributed by atoms with Gasteiger partial charge in [0, 0.05) is 18.0 Å². The maximum Gasteiger partial charge on any atom is 0.251 e. The number of aliphatic imine (C=N–C) groups is 2. The minimum absolute atomic E-state index is 0.0213. The Morgan fingerprint density at radius 1 is 1.15 bits per heavy atom. The van der Waals surface area contributed by atoms with Gasteiger partial charge in [0.25, 0.3) is 5.91 Å². The first kappa shape index (κ1) is 36.8. The van der Waals surface area contributed by atoms with Gasteiger partial charge >= 0.3 is 0 Å². The van der Waals surface area contributed by atoms with Crippen LogP contribution in [-0.4, -0.2) is 28.9 Å². The molecule has 1 amide bonds. The van der Waals surface area contributed by atoms with Crippen molar-refractivity contribution in [2.24, 2.45) is 21.6 Å². The molecule has 0 aliphatic rings. The molecule has 2 atom stereocenters. The van der Waals surface area contributed by atoms with Crippen LogP contribution in [0.5, 0.6) is 0 Å². The maximum absolute atomic E-state index is 13.2. The Hall–Kier alpha value is -3.22. The predicted octanol–water partition coefficient (Wildman–Crippen LogP) is 8.46. The van der Waals surface area contributed by atoms with Crippen molar-refractivity contribution in [3.05, 3.63) is 65.8 Å². The highest BCUT2D eigenvalue weighted by Gasteiger charge is 2.23. The molecule has 0 saturated heterocycles. The molecular weight excluding hydrogens is 498 g/mol. The van der Waals surface area contributed by atoms with Crippen LogP contribution in [0.25, 0.3) is 0 Å². The number of nitrogens with zero attached hydrogens (tertiary/aromatic N) is 3. The molecule has 0 bridgehead atoms. The van der Waals surface area contributed by atoms with E-state index in [1.165, 1.54) is 25.5 Å². The molecule has 0 aliphatic carbocycles. The molecule has 0 aliphatic heterocycles. The van der Waals surface area contributed by atoms with E-state index in [0.29, 0.717) is 22.7 Å². The first-order valence-corrected chi connectivity index (χ1v) is 14.9. The van der Waals surface area contributed by atoms with E-state index < -0.39 is 0 Å². The van der Waals surface area contributed by atoms with Crippen molar-refractivity contribution in [1.29, 1.82) is 0 Å². The van der Waals surface area contributed by atoms with Crippen LogP contribution in [0.1, 0.15) is 119 Å². The second kappa shape index (κ2) is 22.6. The number of oxazole rings is 1. The predicted molar refractivity (Wildman–Crippen MR) is 171 cm³/mol. The second-order valence-electron chi connectivity index (χ2n) is 10.1. The zero-order valence-corrected chi connectivity index (χ0v) is 26.4. The third kappa shape index (κ3) is 15.4. The quantitative estimate of drug-likeness (QED) is 0.115. The molecule has 224 valence electrons. The van der Waals surface area contributed by atoms with Gasteiger partial charge in [-0.2, -0.15) is 0 Å². The second-order valence-corrected chi connectivity index (χ2v) is 10.1. The standard InChI is InChI=1S/C24H40N4O2.C9H15N/c1-7-10-11-12-14-19(13-8-2)27-23(29)20(18(6)9-3)22(25)28-21(17(4)5)24-26-15-16-30-24;1-4-6-8-10-9(3)7-5-2/h15-16,18-19H,4,7-14,25H2,1-3,5-6H3,(H,27,29);4,6-8H,5H2,1-3H3/b22-20+,28-21+;6-4-,9-7-,10-8-. The summed E-state index contributed by atoms with van der Waals surface area (Å²) in [6, 6.07) is 0.155. The van der Waals surface area contributed by atoms with Gasteiger partial charge in [0.1, 0.15) is 17.8 Å². The van der Waals surface area contributed by atoms with Crippen molar-refractivity contribution in [2.75, 3.05) is 0 Å². The van der Waals surface area contributed by atoms with Crippen molar-refractivity contribution in [3.8, 4) is 0 Å². The zero-order chi connectivity index (χ0) is 30.3. The summed E-state index contributed by atoms with van der Waals surface area (Å²) in [5.41, 5.74) is 9.07. The van der Waals surface area contributed by atoms with Gasteiger partial charge in [0.2, 0.25) is 5.89 Å². The summed E-state index contributed by atoms with van der Waals surface area (Å²) in [5, 5.41) is 3.22. The van der Waals surface area contributed by atoms with E-state index in [2.05, 4.69) is 53.7 Å². The van der Waals surface area contributed by atoms with Crippen molar-refractivity contribution in [2.45, 2.75) is 119 Å². The molecule has 0 fully saturated rings. The number of hydrogen-bond donors (Lipinski definition) is 2. The van der Waals surface area contributed by atoms with E-state index in [1.807, 2.05) is 53.0 Å². The van der Waals surface area contributed by atoms with Crippen molar-refractivity contribution < 1.29 is 9.21 Å². The van der Waals surface area contributed by atoms with E-state index in [-0.39, 0.29) is 23.7 Å². The van der Waals surface area contributed by atoms with Crippen LogP contribution >= 0.6 is 0 Å². The number of nitrogens with one attached hydrogen (secondary N) is 1. The fourth-order valence-electron chi connectivity index (χ4n) is 3.96. The summed E-state index contributed by atoms with van der Waals surface area (Å²) in [6.07, 6.45) is 20.4. The molecule has 1 rings (SSSR count). The van der Waals surface area contributed by atoms with Gasteiger partial charge in [-0.15, -0.1) is 0 Å². The number of rotatable bonds is 17. The average Bonchev–Trinajstić information content (AvgIpc) is 3.45. The topological polar surface area (TPSA) is 106 Å². The normalized spacial score (nSPS) is 14.5. The van der Waals surface area contributed by atoms with Crippen LogP contribution in [0.2, 0.25) is 0 Å². The monoisotopic (exact) mass is 553 g/mol. The first-order valence-electron chi connectivity index (χ1n) is 14.9. The van der Waals surface area contributed by atoms with E-state index in [1.54, 1.807) is 6.20 Å². The lowest BCUT2D eigenvalue weighted by Gasteiger charge is -2.22. The minimum Gasteiger partial charge on any atom is -0.443 e. The zero-order valence-electron chi connectivity index (χ0n) is 26.4. The molecule has 2 unspecified atom stereocenters. The Balaban J connectivity index is 0.00000129. The van der Waals surface area contributed by atoms with Crippen LogP contribution in [0, 0.1) is 5.92 Å². The third-order valence-electron chi connectivity index (χ3n) is 6.33. The molecule has 0 saturated carbocycles. The van der Waals surface area contributed by atoms with E-state index in [0.717, 1.165) is 44.2 Å². The number of carbonyl (C=O) groups is 1. The van der Waals surface area contributed by atoms with Crippen LogP contribution in [-0.2, 0) is 4.79 Å². The summed E-state index contributed by atoms with van der Waals surface area (Å²) >= 11 is 0. The smallest absolute Gasteiger partial charge is 0.251 e. The highest BCUT2D eigenvalue weighted by Crippen LogP contribution is 2.20. The number of hydrogen-bond acceptors (Lipinski definition) is 6. The van der Waals surface area contributed by atoms with Gasteiger partial charge in [-0.05, 0) is 64.0 Å². The lowest BCUT2D eigenvalue weighted by atomic mass is 9.96. The Labute approximate surface area is 243 Å². The van der Waals surface area contributed by atoms with Gasteiger partial charge in [-0.1, -0.05) is 85.5 Å². The molecule has 0 aromatic carbocycles. The largest absolute Gasteiger partial charge is 0.443 e. The summed E-state index contributed by atoms with van der Waals surface area (Å²) in [5.74, 6) is 0.383. The highest BCUT2D eigenvalue weighted by atomic mass is 16.3. The van der Waals surface area contributed by atoms with Gasteiger partial charge in [-0.3, -0.25) is 9.79 Å². The first-order chi connectivity index (χ1) is 19.2. The summed E-state index contributed by atoms with van der Waals surface area (Å²) in [7, 11) is 0. The summed E-state index contributed by atoms with van der Waals surface area (Å²) in [6.45, 7) is 20.2. The Morgan fingerprint density at radius 3 is 2.40 bits per heavy atom. The maximum atomic E-state index is 13.2. The van der Waals surface area contributed by atoms with Gasteiger partial charge in [-0.25, -0.2) is 9.98 Å². The van der Waals surface area contributed by atoms with E-state index in [9.17, 15) is 4.79 Å². The molecule has 0 radical (unpaired) electrons. The van der Waals surface area contributed by atoms with Gasteiger partial charge in [0.15, 0.2) is 0 Å². The number of amides is 1. The molecule has 0 spiro atoms. The van der Waals surface area contributed by atoms with E-state index >= 15 is 0 Å². The van der Waals surface area contributed by atoms with E-state index in [4.69, 9.17) is 10.2 Å². The summed E-state index contributed by atoms with van der Waals surface area (Å²) < 4.78 is 5.36. The Morgan fingerprint density at radius 2 is 1.88 bits per heavy atom. The molecule has 7 nitrogen and oxygen atoms in total. The van der Waals surface area contributed by atoms with Crippen LogP contribution in [0.3, 0.4) is 0 Å². The number of aromatic nitrogens is 1. The molecular formula is C33H55N5O2. The Bertz CT molecular complexity index is 1000. The third-order valence-corrected chi connectivity index (χ3v) is 6.33. The van der Waals surface area contributed by atoms with Gasteiger partial charge < -0.3 is 15.5 Å². The van der Waals surface area contributed by atoms with Crippen LogP contribution < -0.4 is 11.1 Å². The van der Waals surface area contributed by atoms with Crippen molar-refractivity contribution in [3.63, 3.8) is 0 Å². The summed E-state index contributed by atoms with van der Waals surface area (Å²) in [4.78, 5) is 26.0. The molecule has 40 heavy (non-hydrogen) atoms. The number of unbranched alkanes of at least 4 members (excludes halogenated alkanes) is 3.